The Morgan fingerprint density at radius 3 is 2.52 bits per heavy atom. The highest BCUT2D eigenvalue weighted by atomic mass is 16.5. The monoisotopic (exact) mass is 336 g/mol. The van der Waals surface area contributed by atoms with Gasteiger partial charge in [0.05, 0.1) is 11.1 Å². The van der Waals surface area contributed by atoms with Crippen LogP contribution in [0.4, 0.5) is 0 Å². The molecule has 2 aromatic carbocycles. The second-order valence-corrected chi connectivity index (χ2v) is 6.13. The Labute approximate surface area is 146 Å². The van der Waals surface area contributed by atoms with E-state index >= 15 is 0 Å². The van der Waals surface area contributed by atoms with Gasteiger partial charge in [0, 0.05) is 11.1 Å². The lowest BCUT2D eigenvalue weighted by atomic mass is 10.1. The maximum absolute atomic E-state index is 12.8. The first kappa shape index (κ1) is 16.8. The molecule has 0 bridgehead atoms. The molecule has 0 radical (unpaired) electrons. The normalized spacial score (nSPS) is 10.8. The topological polar surface area (TPSA) is 74.3 Å². The summed E-state index contributed by atoms with van der Waals surface area (Å²) >= 11 is 0. The molecule has 0 saturated carbocycles. The number of rotatable bonds is 4. The first-order chi connectivity index (χ1) is 11.9. The van der Waals surface area contributed by atoms with Gasteiger partial charge in [-0.05, 0) is 44.0 Å². The summed E-state index contributed by atoms with van der Waals surface area (Å²) in [5, 5.41) is 0.674. The van der Waals surface area contributed by atoms with Crippen molar-refractivity contribution in [2.45, 2.75) is 20.8 Å². The molecule has 0 spiro atoms. The zero-order chi connectivity index (χ0) is 18.1. The second-order valence-electron chi connectivity index (χ2n) is 6.13. The first-order valence-corrected chi connectivity index (χ1v) is 8.03. The van der Waals surface area contributed by atoms with Crippen molar-refractivity contribution in [2.75, 3.05) is 6.61 Å². The number of hydrogen-bond acceptors (Lipinski definition) is 3. The Balaban J connectivity index is 1.96. The van der Waals surface area contributed by atoms with Crippen molar-refractivity contribution in [3.63, 3.8) is 0 Å². The summed E-state index contributed by atoms with van der Waals surface area (Å²) in [7, 11) is 0. The van der Waals surface area contributed by atoms with Crippen LogP contribution >= 0.6 is 0 Å². The molecule has 5 nitrogen and oxygen atoms in total. The quantitative estimate of drug-likeness (QED) is 0.793. The lowest BCUT2D eigenvalue weighted by Crippen LogP contribution is -2.21. The minimum Gasteiger partial charge on any atom is -0.483 e. The third kappa shape index (κ3) is 3.01. The third-order valence-corrected chi connectivity index (χ3v) is 4.30. The Hall–Kier alpha value is -3.08. The summed E-state index contributed by atoms with van der Waals surface area (Å²) in [6.07, 6.45) is 0. The van der Waals surface area contributed by atoms with Crippen molar-refractivity contribution in [1.82, 2.24) is 4.57 Å². The van der Waals surface area contributed by atoms with Gasteiger partial charge in [0.2, 0.25) is 0 Å². The highest BCUT2D eigenvalue weighted by Gasteiger charge is 2.21. The van der Waals surface area contributed by atoms with Crippen molar-refractivity contribution in [1.29, 1.82) is 0 Å². The molecule has 0 aliphatic carbocycles. The number of nitrogens with two attached hydrogens (primary N) is 1. The molecule has 25 heavy (non-hydrogen) atoms. The fourth-order valence-electron chi connectivity index (χ4n) is 3.07. The average Bonchev–Trinajstić information content (AvgIpc) is 2.87. The summed E-state index contributed by atoms with van der Waals surface area (Å²) in [6.45, 7) is 5.50. The summed E-state index contributed by atoms with van der Waals surface area (Å²) in [5.41, 5.74) is 9.08. The second kappa shape index (κ2) is 6.43. The lowest BCUT2D eigenvalue weighted by Gasteiger charge is -2.11. The number of amides is 1. The van der Waals surface area contributed by atoms with E-state index in [9.17, 15) is 9.59 Å². The van der Waals surface area contributed by atoms with E-state index < -0.39 is 5.91 Å². The molecule has 3 aromatic rings. The number of aromatic nitrogens is 1. The lowest BCUT2D eigenvalue weighted by molar-refractivity contribution is 0.0840. The molecule has 1 heterocycles. The van der Waals surface area contributed by atoms with Crippen molar-refractivity contribution in [3.05, 3.63) is 64.8 Å². The van der Waals surface area contributed by atoms with Gasteiger partial charge in [-0.15, -0.1) is 0 Å². The number of hydrogen-bond donors (Lipinski definition) is 1. The van der Waals surface area contributed by atoms with Gasteiger partial charge in [0.1, 0.15) is 5.75 Å². The number of carbonyl (C=O) groups is 2. The smallest absolute Gasteiger partial charge is 0.269 e. The molecule has 0 aliphatic rings. The molecule has 0 atom stereocenters. The van der Waals surface area contributed by atoms with E-state index in [1.807, 2.05) is 44.2 Å². The first-order valence-electron chi connectivity index (χ1n) is 8.03. The minimum absolute atomic E-state index is 0.123. The Bertz CT molecular complexity index is 986. The van der Waals surface area contributed by atoms with Crippen LogP contribution in [0.15, 0.2) is 42.5 Å². The van der Waals surface area contributed by atoms with Crippen LogP contribution in [-0.2, 0) is 0 Å². The maximum Gasteiger partial charge on any atom is 0.269 e. The summed E-state index contributed by atoms with van der Waals surface area (Å²) in [6, 6.07) is 13.1. The number of primary amides is 1. The summed E-state index contributed by atoms with van der Waals surface area (Å²) in [4.78, 5) is 24.6. The summed E-state index contributed by atoms with van der Waals surface area (Å²) in [5.74, 6) is -0.115. The number of fused-ring (bicyclic) bond motifs is 1. The number of nitrogens with zero attached hydrogens (tertiary/aromatic N) is 1. The Morgan fingerprint density at radius 2 is 1.80 bits per heavy atom. The Morgan fingerprint density at radius 1 is 1.08 bits per heavy atom. The number of ether oxygens (including phenoxy) is 1. The summed E-state index contributed by atoms with van der Waals surface area (Å²) < 4.78 is 7.22. The third-order valence-electron chi connectivity index (χ3n) is 4.30. The van der Waals surface area contributed by atoms with E-state index in [2.05, 4.69) is 0 Å². The molecule has 1 amide bonds. The van der Waals surface area contributed by atoms with Gasteiger partial charge < -0.3 is 10.5 Å². The molecule has 2 N–H and O–H groups in total. The van der Waals surface area contributed by atoms with Crippen LogP contribution in [-0.4, -0.2) is 23.0 Å². The van der Waals surface area contributed by atoms with Crippen LogP contribution in [0.1, 0.15) is 32.0 Å². The number of aryl methyl sites for hydroxylation is 2. The standard InChI is InChI=1S/C20H20N2O3/c1-12-8-9-13(2)17(10-12)25-11-18(23)22-14(3)19(20(21)24)15-6-4-5-7-16(15)22/h4-10H,11H2,1-3H3,(H2,21,24). The van der Waals surface area contributed by atoms with E-state index in [0.717, 1.165) is 11.1 Å². The van der Waals surface area contributed by atoms with Crippen LogP contribution in [0, 0.1) is 20.8 Å². The molecule has 128 valence electrons. The van der Waals surface area contributed by atoms with Crippen LogP contribution < -0.4 is 10.5 Å². The average molecular weight is 336 g/mol. The van der Waals surface area contributed by atoms with E-state index in [0.29, 0.717) is 27.9 Å². The molecule has 1 aromatic heterocycles. The predicted molar refractivity (Wildman–Crippen MR) is 97.2 cm³/mol. The maximum atomic E-state index is 12.8. The van der Waals surface area contributed by atoms with Gasteiger partial charge in [-0.2, -0.15) is 0 Å². The van der Waals surface area contributed by atoms with E-state index in [-0.39, 0.29) is 12.5 Å². The van der Waals surface area contributed by atoms with Crippen LogP contribution in [0.3, 0.4) is 0 Å². The van der Waals surface area contributed by atoms with E-state index in [1.165, 1.54) is 4.57 Å². The molecular weight excluding hydrogens is 316 g/mol. The molecule has 0 aliphatic heterocycles. The zero-order valence-electron chi connectivity index (χ0n) is 14.5. The van der Waals surface area contributed by atoms with Crippen LogP contribution in [0.5, 0.6) is 5.75 Å². The van der Waals surface area contributed by atoms with Crippen molar-refractivity contribution < 1.29 is 14.3 Å². The van der Waals surface area contributed by atoms with Crippen molar-refractivity contribution in [3.8, 4) is 5.75 Å². The fraction of sp³-hybridized carbons (Fsp3) is 0.200. The van der Waals surface area contributed by atoms with E-state index in [4.69, 9.17) is 10.5 Å². The molecule has 3 rings (SSSR count). The van der Waals surface area contributed by atoms with Gasteiger partial charge >= 0.3 is 0 Å². The van der Waals surface area contributed by atoms with Crippen molar-refractivity contribution >= 4 is 22.7 Å². The molecule has 0 fully saturated rings. The SMILES string of the molecule is Cc1ccc(C)c(OCC(=O)n2c(C)c(C(N)=O)c3ccccc32)c1. The van der Waals surface area contributed by atoms with E-state index in [1.54, 1.807) is 19.1 Å². The largest absolute Gasteiger partial charge is 0.483 e. The molecule has 0 unspecified atom stereocenters. The minimum atomic E-state index is -0.546. The number of para-hydroxylation sites is 1. The zero-order valence-corrected chi connectivity index (χ0v) is 14.5. The molecule has 0 saturated heterocycles. The Kier molecular flexibility index (Phi) is 4.31. The van der Waals surface area contributed by atoms with Gasteiger partial charge in [-0.1, -0.05) is 30.3 Å². The number of benzene rings is 2. The van der Waals surface area contributed by atoms with Crippen LogP contribution in [0.25, 0.3) is 10.9 Å². The van der Waals surface area contributed by atoms with Gasteiger partial charge in [0.25, 0.3) is 11.8 Å². The van der Waals surface area contributed by atoms with Gasteiger partial charge in [-0.25, -0.2) is 0 Å². The molecular formula is C20H20N2O3. The van der Waals surface area contributed by atoms with Crippen molar-refractivity contribution in [2.24, 2.45) is 5.73 Å². The highest BCUT2D eigenvalue weighted by molar-refractivity contribution is 6.10. The predicted octanol–water partition coefficient (Wildman–Crippen LogP) is 3.38. The number of carbonyl (C=O) groups excluding carboxylic acids is 2. The van der Waals surface area contributed by atoms with Crippen LogP contribution in [0.2, 0.25) is 0 Å². The fourth-order valence-corrected chi connectivity index (χ4v) is 3.07. The molecule has 5 heteroatoms. The van der Waals surface area contributed by atoms with Gasteiger partial charge in [0.15, 0.2) is 6.61 Å². The highest BCUT2D eigenvalue weighted by Crippen LogP contribution is 2.26. The van der Waals surface area contributed by atoms with Gasteiger partial charge in [-0.3, -0.25) is 14.2 Å².